The van der Waals surface area contributed by atoms with Gasteiger partial charge in [0.15, 0.2) is 0 Å². The minimum absolute atomic E-state index is 0.0349. The summed E-state index contributed by atoms with van der Waals surface area (Å²) in [5, 5.41) is 27.7. The first-order chi connectivity index (χ1) is 13.2. The molecule has 9 nitrogen and oxygen atoms in total. The van der Waals surface area contributed by atoms with Gasteiger partial charge in [-0.2, -0.15) is 0 Å². The summed E-state index contributed by atoms with van der Waals surface area (Å²) in [6.07, 6.45) is -1.34. The maximum Gasteiger partial charge on any atom is 0.342 e. The molecular formula is C19H16O9. The molecule has 1 atom stereocenters. The molecule has 0 saturated carbocycles. The Labute approximate surface area is 158 Å². The van der Waals surface area contributed by atoms with Crippen LogP contribution in [0, 0.1) is 0 Å². The van der Waals surface area contributed by atoms with Crippen LogP contribution in [-0.2, 0) is 9.47 Å². The smallest absolute Gasteiger partial charge is 0.342 e. The summed E-state index contributed by atoms with van der Waals surface area (Å²) in [6, 6.07) is 8.43. The molecule has 2 aromatic rings. The van der Waals surface area contributed by atoms with Gasteiger partial charge in [0.2, 0.25) is 6.29 Å². The highest BCUT2D eigenvalue weighted by Crippen LogP contribution is 2.20. The summed E-state index contributed by atoms with van der Waals surface area (Å²) in [4.78, 5) is 47.0. The maximum atomic E-state index is 12.3. The fraction of sp³-hybridized carbons (Fsp3) is 0.158. The lowest BCUT2D eigenvalue weighted by Gasteiger charge is -2.18. The van der Waals surface area contributed by atoms with Crippen LogP contribution >= 0.6 is 0 Å². The van der Waals surface area contributed by atoms with Crippen molar-refractivity contribution in [3.05, 3.63) is 64.7 Å². The Morgan fingerprint density at radius 2 is 1.32 bits per heavy atom. The van der Waals surface area contributed by atoms with E-state index in [1.165, 1.54) is 24.3 Å². The largest absolute Gasteiger partial charge is 0.508 e. The number of ether oxygens (including phenoxy) is 2. The number of hydrogen-bond acceptors (Lipinski definition) is 7. The number of aromatic carboxylic acids is 2. The highest BCUT2D eigenvalue weighted by molar-refractivity contribution is 6.03. The van der Waals surface area contributed by atoms with Gasteiger partial charge >= 0.3 is 23.9 Å². The first-order valence-corrected chi connectivity index (χ1v) is 8.05. The second-order valence-corrected chi connectivity index (χ2v) is 5.53. The molecule has 9 heteroatoms. The summed E-state index contributed by atoms with van der Waals surface area (Å²) in [5.74, 6) is -5.22. The molecule has 28 heavy (non-hydrogen) atoms. The molecule has 0 amide bonds. The van der Waals surface area contributed by atoms with Crippen molar-refractivity contribution < 1.29 is 44.0 Å². The van der Waals surface area contributed by atoms with Crippen molar-refractivity contribution in [3.8, 4) is 5.75 Å². The van der Waals surface area contributed by atoms with Crippen molar-refractivity contribution in [2.75, 3.05) is 0 Å². The summed E-state index contributed by atoms with van der Waals surface area (Å²) in [6.45, 7) is 1.54. The lowest BCUT2D eigenvalue weighted by Crippen LogP contribution is -2.26. The van der Waals surface area contributed by atoms with Gasteiger partial charge in [-0.05, 0) is 30.3 Å². The summed E-state index contributed by atoms with van der Waals surface area (Å²) >= 11 is 0. The fourth-order valence-corrected chi connectivity index (χ4v) is 2.29. The quantitative estimate of drug-likeness (QED) is 0.480. The standard InChI is InChI=1S/C19H16O9/c1-2-15(27-18(25)12-6-4-3-5-11(12)16(21)22)28-19(26)13-8-7-10(20)9-14(13)17(23)24/h3-9,15,20H,2H2,1H3,(H,21,22)(H,23,24). The number of rotatable bonds is 7. The monoisotopic (exact) mass is 388 g/mol. The Bertz CT molecular complexity index is 933. The number of aromatic hydroxyl groups is 1. The van der Waals surface area contributed by atoms with Crippen molar-refractivity contribution >= 4 is 23.9 Å². The number of carboxylic acids is 2. The molecule has 0 radical (unpaired) electrons. The molecule has 0 fully saturated rings. The van der Waals surface area contributed by atoms with E-state index in [4.69, 9.17) is 19.7 Å². The zero-order valence-corrected chi connectivity index (χ0v) is 14.6. The maximum absolute atomic E-state index is 12.3. The second-order valence-electron chi connectivity index (χ2n) is 5.53. The Morgan fingerprint density at radius 3 is 1.82 bits per heavy atom. The van der Waals surface area contributed by atoms with Gasteiger partial charge in [0.1, 0.15) is 5.75 Å². The van der Waals surface area contributed by atoms with Gasteiger partial charge in [0.05, 0.1) is 22.3 Å². The summed E-state index contributed by atoms with van der Waals surface area (Å²) < 4.78 is 10.1. The van der Waals surface area contributed by atoms with Crippen LogP contribution in [-0.4, -0.2) is 45.5 Å². The average molecular weight is 388 g/mol. The molecule has 0 aliphatic carbocycles. The van der Waals surface area contributed by atoms with Gasteiger partial charge in [-0.1, -0.05) is 19.1 Å². The number of esters is 2. The Hall–Kier alpha value is -3.88. The van der Waals surface area contributed by atoms with E-state index in [2.05, 4.69) is 0 Å². The number of carbonyl (C=O) groups excluding carboxylic acids is 2. The van der Waals surface area contributed by atoms with Crippen LogP contribution in [0.4, 0.5) is 0 Å². The predicted octanol–water partition coefficient (Wildman–Crippen LogP) is 2.54. The van der Waals surface area contributed by atoms with Gasteiger partial charge in [0.25, 0.3) is 0 Å². The zero-order valence-electron chi connectivity index (χ0n) is 14.6. The molecule has 0 bridgehead atoms. The molecule has 3 N–H and O–H groups in total. The topological polar surface area (TPSA) is 147 Å². The van der Waals surface area contributed by atoms with Gasteiger partial charge in [-0.15, -0.1) is 0 Å². The van der Waals surface area contributed by atoms with Gasteiger partial charge < -0.3 is 24.8 Å². The van der Waals surface area contributed by atoms with E-state index >= 15 is 0 Å². The minimum Gasteiger partial charge on any atom is -0.508 e. The molecule has 146 valence electrons. The normalized spacial score (nSPS) is 11.3. The third-order valence-electron chi connectivity index (χ3n) is 3.64. The van der Waals surface area contributed by atoms with Gasteiger partial charge in [-0.25, -0.2) is 19.2 Å². The SMILES string of the molecule is CCC(OC(=O)c1ccccc1C(=O)O)OC(=O)c1ccc(O)cc1C(=O)O. The molecule has 0 saturated heterocycles. The van der Waals surface area contributed by atoms with Crippen LogP contribution in [0.2, 0.25) is 0 Å². The van der Waals surface area contributed by atoms with Crippen LogP contribution < -0.4 is 0 Å². The van der Waals surface area contributed by atoms with E-state index in [0.717, 1.165) is 18.2 Å². The predicted molar refractivity (Wildman–Crippen MR) is 93.4 cm³/mol. The molecule has 0 heterocycles. The Kier molecular flexibility index (Phi) is 6.33. The fourth-order valence-electron chi connectivity index (χ4n) is 2.29. The lowest BCUT2D eigenvalue weighted by atomic mass is 10.1. The first-order valence-electron chi connectivity index (χ1n) is 8.05. The molecule has 0 aliphatic rings. The molecule has 0 aromatic heterocycles. The molecule has 0 aliphatic heterocycles. The molecule has 2 rings (SSSR count). The Morgan fingerprint density at radius 1 is 0.821 bits per heavy atom. The molecular weight excluding hydrogens is 372 g/mol. The van der Waals surface area contributed by atoms with Crippen LogP contribution in [0.5, 0.6) is 5.75 Å². The number of benzene rings is 2. The van der Waals surface area contributed by atoms with Gasteiger partial charge in [-0.3, -0.25) is 0 Å². The van der Waals surface area contributed by atoms with Gasteiger partial charge in [0, 0.05) is 6.42 Å². The third kappa shape index (κ3) is 4.64. The highest BCUT2D eigenvalue weighted by Gasteiger charge is 2.25. The number of carboxylic acid groups (broad SMARTS) is 2. The average Bonchev–Trinajstić information content (AvgIpc) is 2.66. The van der Waals surface area contributed by atoms with E-state index < -0.39 is 35.7 Å². The van der Waals surface area contributed by atoms with E-state index in [1.807, 2.05) is 0 Å². The van der Waals surface area contributed by atoms with Crippen LogP contribution in [0.15, 0.2) is 42.5 Å². The van der Waals surface area contributed by atoms with Crippen LogP contribution in [0.3, 0.4) is 0 Å². The van der Waals surface area contributed by atoms with Crippen molar-refractivity contribution in [3.63, 3.8) is 0 Å². The van der Waals surface area contributed by atoms with E-state index in [0.29, 0.717) is 0 Å². The number of hydrogen-bond donors (Lipinski definition) is 3. The number of phenolic OH excluding ortho intramolecular Hbond substituents is 1. The first kappa shape index (κ1) is 20.4. The van der Waals surface area contributed by atoms with E-state index in [9.17, 15) is 24.3 Å². The molecule has 0 spiro atoms. The van der Waals surface area contributed by atoms with E-state index in [1.54, 1.807) is 6.92 Å². The number of carbonyl (C=O) groups is 4. The summed E-state index contributed by atoms with van der Waals surface area (Å²) in [5.41, 5.74) is -1.33. The molecule has 2 aromatic carbocycles. The second kappa shape index (κ2) is 8.67. The summed E-state index contributed by atoms with van der Waals surface area (Å²) in [7, 11) is 0. The van der Waals surface area contributed by atoms with Crippen molar-refractivity contribution in [2.24, 2.45) is 0 Å². The lowest BCUT2D eigenvalue weighted by molar-refractivity contribution is -0.0808. The van der Waals surface area contributed by atoms with Crippen molar-refractivity contribution in [2.45, 2.75) is 19.6 Å². The van der Waals surface area contributed by atoms with Crippen LogP contribution in [0.1, 0.15) is 54.8 Å². The third-order valence-corrected chi connectivity index (χ3v) is 3.64. The van der Waals surface area contributed by atoms with Crippen molar-refractivity contribution in [1.82, 2.24) is 0 Å². The van der Waals surface area contributed by atoms with Crippen LogP contribution in [0.25, 0.3) is 0 Å². The zero-order chi connectivity index (χ0) is 20.8. The van der Waals surface area contributed by atoms with E-state index in [-0.39, 0.29) is 28.9 Å². The minimum atomic E-state index is -1.46. The van der Waals surface area contributed by atoms with Crippen molar-refractivity contribution in [1.29, 1.82) is 0 Å². The Balaban J connectivity index is 2.19. The highest BCUT2D eigenvalue weighted by atomic mass is 16.7. The molecule has 1 unspecified atom stereocenters. The number of phenols is 1.